The Kier molecular flexibility index (Phi) is 3.45. The zero-order valence-electron chi connectivity index (χ0n) is 8.83. The van der Waals surface area contributed by atoms with Crippen molar-refractivity contribution < 1.29 is 9.53 Å². The second-order valence-electron chi connectivity index (χ2n) is 3.19. The molecule has 5 heteroatoms. The van der Waals surface area contributed by atoms with Crippen LogP contribution in [0.2, 0.25) is 0 Å². The van der Waals surface area contributed by atoms with E-state index in [9.17, 15) is 4.79 Å². The van der Waals surface area contributed by atoms with Crippen LogP contribution in [-0.4, -0.2) is 28.3 Å². The highest BCUT2D eigenvalue weighted by Crippen LogP contribution is 2.10. The lowest BCUT2D eigenvalue weighted by Crippen LogP contribution is -2.27. The fraction of sp³-hybridized carbons (Fsp3) is 0.300. The third kappa shape index (κ3) is 2.17. The molecule has 2 N–H and O–H groups in total. The monoisotopic (exact) mass is 199 g/mol. The number of hydrogen-bond donors (Lipinski definition) is 1. The number of hydrogen-bond acceptors (Lipinski definition) is 3. The van der Waals surface area contributed by atoms with E-state index in [4.69, 9.17) is 26.2 Å². The van der Waals surface area contributed by atoms with E-state index in [0.717, 1.165) is 0 Å². The highest BCUT2D eigenvalue weighted by Gasteiger charge is 2.14. The first-order valence-corrected chi connectivity index (χ1v) is 4.60. The van der Waals surface area contributed by atoms with Crippen molar-refractivity contribution in [1.82, 2.24) is 0 Å². The molecule has 0 unspecified atom stereocenters. The summed E-state index contributed by atoms with van der Waals surface area (Å²) in [6, 6.07) is 1.49. The Bertz CT molecular complexity index is 405. The SMILES string of the molecule is [B]c1cc(C(=O)OCC)c(N)c([B])c1C. The van der Waals surface area contributed by atoms with Gasteiger partial charge in [-0.2, -0.15) is 0 Å². The summed E-state index contributed by atoms with van der Waals surface area (Å²) in [5, 5.41) is 0. The molecule has 1 rings (SSSR count). The van der Waals surface area contributed by atoms with E-state index in [0.29, 0.717) is 16.5 Å². The van der Waals surface area contributed by atoms with Gasteiger partial charge in [0.05, 0.1) is 12.2 Å². The van der Waals surface area contributed by atoms with Crippen molar-refractivity contribution in [2.45, 2.75) is 13.8 Å². The molecule has 0 fully saturated rings. The summed E-state index contributed by atoms with van der Waals surface area (Å²) in [7, 11) is 11.4. The second kappa shape index (κ2) is 4.43. The quantitative estimate of drug-likeness (QED) is 0.390. The first-order valence-electron chi connectivity index (χ1n) is 4.60. The zero-order valence-corrected chi connectivity index (χ0v) is 8.83. The Hall–Kier alpha value is -1.38. The third-order valence-electron chi connectivity index (χ3n) is 2.21. The lowest BCUT2D eigenvalue weighted by atomic mass is 9.79. The van der Waals surface area contributed by atoms with Crippen molar-refractivity contribution in [3.05, 3.63) is 17.2 Å². The summed E-state index contributed by atoms with van der Waals surface area (Å²) in [5.41, 5.74) is 7.59. The van der Waals surface area contributed by atoms with E-state index in [2.05, 4.69) is 0 Å². The van der Waals surface area contributed by atoms with Gasteiger partial charge in [0.15, 0.2) is 0 Å². The summed E-state index contributed by atoms with van der Waals surface area (Å²) in [5.74, 6) is -0.506. The van der Waals surface area contributed by atoms with Crippen molar-refractivity contribution in [3.8, 4) is 0 Å². The highest BCUT2D eigenvalue weighted by atomic mass is 16.5. The number of benzene rings is 1. The van der Waals surface area contributed by atoms with Gasteiger partial charge in [0.25, 0.3) is 0 Å². The number of nitrogens with two attached hydrogens (primary N) is 1. The van der Waals surface area contributed by atoms with Gasteiger partial charge in [-0.25, -0.2) is 4.79 Å². The molecule has 1 aromatic carbocycles. The first kappa shape index (κ1) is 11.7. The van der Waals surface area contributed by atoms with E-state index >= 15 is 0 Å². The fourth-order valence-electron chi connectivity index (χ4n) is 1.22. The largest absolute Gasteiger partial charge is 0.462 e. The van der Waals surface area contributed by atoms with Crippen LogP contribution in [0.1, 0.15) is 22.8 Å². The predicted octanol–water partition coefficient (Wildman–Crippen LogP) is -0.658. The average molecular weight is 199 g/mol. The molecular formula is C10H11B2NO2. The third-order valence-corrected chi connectivity index (χ3v) is 2.21. The Morgan fingerprint density at radius 1 is 1.53 bits per heavy atom. The fourth-order valence-corrected chi connectivity index (χ4v) is 1.22. The van der Waals surface area contributed by atoms with Gasteiger partial charge in [-0.05, 0) is 13.8 Å². The van der Waals surface area contributed by atoms with Crippen molar-refractivity contribution >= 4 is 38.3 Å². The van der Waals surface area contributed by atoms with Crippen molar-refractivity contribution in [2.75, 3.05) is 12.3 Å². The molecule has 1 aromatic rings. The van der Waals surface area contributed by atoms with Crippen molar-refractivity contribution in [2.24, 2.45) is 0 Å². The number of carbonyl (C=O) groups excluding carboxylic acids is 1. The lowest BCUT2D eigenvalue weighted by molar-refractivity contribution is 0.0528. The Morgan fingerprint density at radius 2 is 2.13 bits per heavy atom. The summed E-state index contributed by atoms with van der Waals surface area (Å²) in [6.45, 7) is 3.75. The van der Waals surface area contributed by atoms with Crippen LogP contribution in [0.4, 0.5) is 5.69 Å². The molecule has 0 aliphatic heterocycles. The maximum absolute atomic E-state index is 11.5. The topological polar surface area (TPSA) is 52.3 Å². The minimum Gasteiger partial charge on any atom is -0.462 e. The molecule has 0 aromatic heterocycles. The van der Waals surface area contributed by atoms with Gasteiger partial charge in [0.1, 0.15) is 15.7 Å². The molecule has 0 atom stereocenters. The van der Waals surface area contributed by atoms with Crippen LogP contribution < -0.4 is 16.7 Å². The van der Waals surface area contributed by atoms with Gasteiger partial charge in [-0.1, -0.05) is 22.6 Å². The minimum atomic E-state index is -0.506. The van der Waals surface area contributed by atoms with E-state index in [1.54, 1.807) is 13.8 Å². The van der Waals surface area contributed by atoms with Gasteiger partial charge in [0, 0.05) is 5.69 Å². The zero-order chi connectivity index (χ0) is 11.6. The Labute approximate surface area is 91.8 Å². The Balaban J connectivity index is 3.26. The maximum Gasteiger partial charge on any atom is 0.340 e. The molecule has 0 saturated heterocycles. The van der Waals surface area contributed by atoms with Gasteiger partial charge in [-0.15, -0.1) is 0 Å². The van der Waals surface area contributed by atoms with Crippen LogP contribution in [0.5, 0.6) is 0 Å². The van der Waals surface area contributed by atoms with E-state index in [-0.39, 0.29) is 17.9 Å². The average Bonchev–Trinajstić information content (AvgIpc) is 2.20. The molecule has 0 aliphatic rings. The standard InChI is InChI=1S/C10H11B2NO2/c1-3-15-10(14)6-4-7(11)5(2)8(12)9(6)13/h4H,3,13H2,1-2H3. The first-order chi connectivity index (χ1) is 6.99. The Morgan fingerprint density at radius 3 is 2.67 bits per heavy atom. The van der Waals surface area contributed by atoms with Crippen molar-refractivity contribution in [3.63, 3.8) is 0 Å². The van der Waals surface area contributed by atoms with E-state index in [1.807, 2.05) is 0 Å². The van der Waals surface area contributed by atoms with Crippen LogP contribution in [0.25, 0.3) is 0 Å². The molecule has 0 amide bonds. The molecule has 74 valence electrons. The summed E-state index contributed by atoms with van der Waals surface area (Å²) in [6.07, 6.45) is 0. The molecule has 0 heterocycles. The van der Waals surface area contributed by atoms with Gasteiger partial charge < -0.3 is 10.5 Å². The van der Waals surface area contributed by atoms with Crippen molar-refractivity contribution in [1.29, 1.82) is 0 Å². The molecule has 3 nitrogen and oxygen atoms in total. The summed E-state index contributed by atoms with van der Waals surface area (Å²) >= 11 is 0. The molecule has 0 spiro atoms. The normalized spacial score (nSPS) is 10.0. The second-order valence-corrected chi connectivity index (χ2v) is 3.19. The molecule has 0 aliphatic carbocycles. The van der Waals surface area contributed by atoms with Gasteiger partial charge in [0.2, 0.25) is 0 Å². The predicted molar refractivity (Wildman–Crippen MR) is 62.3 cm³/mol. The number of nitrogen functional groups attached to an aromatic ring is 1. The molecule has 0 saturated carbocycles. The smallest absolute Gasteiger partial charge is 0.340 e. The van der Waals surface area contributed by atoms with E-state index < -0.39 is 5.97 Å². The molecule has 15 heavy (non-hydrogen) atoms. The molecular weight excluding hydrogens is 188 g/mol. The van der Waals surface area contributed by atoms with Crippen LogP contribution in [0.3, 0.4) is 0 Å². The minimum absolute atomic E-state index is 0.220. The maximum atomic E-state index is 11.5. The van der Waals surface area contributed by atoms with Gasteiger partial charge in [-0.3, -0.25) is 0 Å². The summed E-state index contributed by atoms with van der Waals surface area (Å²) < 4.78 is 4.83. The molecule has 0 bridgehead atoms. The number of ether oxygens (including phenoxy) is 1. The summed E-state index contributed by atoms with van der Waals surface area (Å²) in [4.78, 5) is 11.5. The van der Waals surface area contributed by atoms with Crippen LogP contribution in [0, 0.1) is 6.92 Å². The van der Waals surface area contributed by atoms with Gasteiger partial charge >= 0.3 is 5.97 Å². The van der Waals surface area contributed by atoms with Crippen LogP contribution >= 0.6 is 0 Å². The van der Waals surface area contributed by atoms with Crippen LogP contribution in [0.15, 0.2) is 6.07 Å². The number of rotatable bonds is 2. The highest BCUT2D eigenvalue weighted by molar-refractivity contribution is 6.42. The van der Waals surface area contributed by atoms with Crippen LogP contribution in [-0.2, 0) is 4.74 Å². The molecule has 4 radical (unpaired) electrons. The lowest BCUT2D eigenvalue weighted by Gasteiger charge is -2.13. The van der Waals surface area contributed by atoms with E-state index in [1.165, 1.54) is 6.07 Å². The number of esters is 1. The number of anilines is 1. The number of carbonyl (C=O) groups is 1.